The molecule has 0 aliphatic carbocycles. The molecular formula is C12H26N2O. The van der Waals surface area contributed by atoms with Gasteiger partial charge in [-0.05, 0) is 38.6 Å². The van der Waals surface area contributed by atoms with Crippen LogP contribution >= 0.6 is 0 Å². The van der Waals surface area contributed by atoms with E-state index in [1.165, 1.54) is 19.4 Å². The van der Waals surface area contributed by atoms with Gasteiger partial charge in [-0.15, -0.1) is 0 Å². The molecule has 1 heterocycles. The first-order valence-corrected chi connectivity index (χ1v) is 6.13. The number of hydrogen-bond donors (Lipinski definition) is 1. The average Bonchev–Trinajstić information content (AvgIpc) is 2.25. The number of likely N-dealkylation sites (tertiary alicyclic amines) is 1. The highest BCUT2D eigenvalue weighted by Crippen LogP contribution is 2.24. The van der Waals surface area contributed by atoms with Gasteiger partial charge in [0.05, 0.1) is 0 Å². The maximum absolute atomic E-state index is 5.85. The molecule has 0 aromatic rings. The first kappa shape index (κ1) is 12.9. The predicted octanol–water partition coefficient (Wildman–Crippen LogP) is 1.47. The molecule has 3 atom stereocenters. The average molecular weight is 214 g/mol. The zero-order valence-corrected chi connectivity index (χ0v) is 10.4. The molecule has 0 spiro atoms. The minimum atomic E-state index is 0.584. The van der Waals surface area contributed by atoms with E-state index in [4.69, 9.17) is 10.5 Å². The molecule has 90 valence electrons. The zero-order chi connectivity index (χ0) is 11.3. The second-order valence-electron chi connectivity index (χ2n) is 4.89. The van der Waals surface area contributed by atoms with Gasteiger partial charge in [0.2, 0.25) is 0 Å². The highest BCUT2D eigenvalue weighted by Gasteiger charge is 2.28. The fourth-order valence-corrected chi connectivity index (χ4v) is 2.54. The van der Waals surface area contributed by atoms with Crippen molar-refractivity contribution in [2.24, 2.45) is 11.7 Å². The van der Waals surface area contributed by atoms with Crippen molar-refractivity contribution in [1.29, 1.82) is 0 Å². The summed E-state index contributed by atoms with van der Waals surface area (Å²) in [5.74, 6) is 0.837. The van der Waals surface area contributed by atoms with Crippen LogP contribution in [0.15, 0.2) is 0 Å². The van der Waals surface area contributed by atoms with Crippen LogP contribution in [-0.4, -0.2) is 43.8 Å². The third-order valence-electron chi connectivity index (χ3n) is 3.60. The molecule has 1 saturated heterocycles. The van der Waals surface area contributed by atoms with Crippen molar-refractivity contribution in [3.05, 3.63) is 0 Å². The Morgan fingerprint density at radius 1 is 1.53 bits per heavy atom. The van der Waals surface area contributed by atoms with Crippen molar-refractivity contribution >= 4 is 0 Å². The molecule has 3 unspecified atom stereocenters. The highest BCUT2D eigenvalue weighted by molar-refractivity contribution is 4.84. The van der Waals surface area contributed by atoms with Crippen molar-refractivity contribution in [2.45, 2.75) is 45.2 Å². The third kappa shape index (κ3) is 3.74. The van der Waals surface area contributed by atoms with E-state index < -0.39 is 0 Å². The van der Waals surface area contributed by atoms with Crippen LogP contribution in [0.4, 0.5) is 0 Å². The third-order valence-corrected chi connectivity index (χ3v) is 3.60. The second-order valence-corrected chi connectivity index (χ2v) is 4.89. The van der Waals surface area contributed by atoms with Crippen molar-refractivity contribution in [3.8, 4) is 0 Å². The Labute approximate surface area is 94.0 Å². The van der Waals surface area contributed by atoms with Gasteiger partial charge in [0.15, 0.2) is 0 Å². The van der Waals surface area contributed by atoms with E-state index in [2.05, 4.69) is 18.7 Å². The SMILES string of the molecule is COCCC(C)N1CCC(C)CC1CN. The number of rotatable bonds is 5. The molecule has 2 N–H and O–H groups in total. The number of nitrogens with zero attached hydrogens (tertiary/aromatic N) is 1. The van der Waals surface area contributed by atoms with Crippen molar-refractivity contribution in [2.75, 3.05) is 26.8 Å². The van der Waals surface area contributed by atoms with Crippen LogP contribution in [0.25, 0.3) is 0 Å². The largest absolute Gasteiger partial charge is 0.385 e. The van der Waals surface area contributed by atoms with Crippen LogP contribution in [0.1, 0.15) is 33.1 Å². The van der Waals surface area contributed by atoms with Crippen molar-refractivity contribution in [3.63, 3.8) is 0 Å². The second kappa shape index (κ2) is 6.46. The number of ether oxygens (including phenoxy) is 1. The maximum atomic E-state index is 5.85. The van der Waals surface area contributed by atoms with Crippen LogP contribution in [0, 0.1) is 5.92 Å². The zero-order valence-electron chi connectivity index (χ0n) is 10.4. The van der Waals surface area contributed by atoms with Gasteiger partial charge in [-0.25, -0.2) is 0 Å². The Hall–Kier alpha value is -0.120. The van der Waals surface area contributed by atoms with Gasteiger partial charge in [0.1, 0.15) is 0 Å². The summed E-state index contributed by atoms with van der Waals surface area (Å²) in [7, 11) is 1.77. The Morgan fingerprint density at radius 2 is 2.27 bits per heavy atom. The standard InChI is InChI=1S/C12H26N2O/c1-10-4-6-14(12(8-10)9-13)11(2)5-7-15-3/h10-12H,4-9,13H2,1-3H3. The predicted molar refractivity (Wildman–Crippen MR) is 63.9 cm³/mol. The molecule has 1 rings (SSSR count). The van der Waals surface area contributed by atoms with Crippen LogP contribution < -0.4 is 5.73 Å². The van der Waals surface area contributed by atoms with Crippen LogP contribution in [-0.2, 0) is 4.74 Å². The number of methoxy groups -OCH3 is 1. The van der Waals surface area contributed by atoms with Gasteiger partial charge >= 0.3 is 0 Å². The summed E-state index contributed by atoms with van der Waals surface area (Å²) in [4.78, 5) is 2.57. The molecule has 0 saturated carbocycles. The van der Waals surface area contributed by atoms with E-state index in [1.807, 2.05) is 0 Å². The fraction of sp³-hybridized carbons (Fsp3) is 1.00. The summed E-state index contributed by atoms with van der Waals surface area (Å²) in [6.07, 6.45) is 3.68. The first-order chi connectivity index (χ1) is 7.19. The van der Waals surface area contributed by atoms with E-state index in [0.717, 1.165) is 25.5 Å². The van der Waals surface area contributed by atoms with Crippen LogP contribution in [0.2, 0.25) is 0 Å². The Bertz CT molecular complexity index is 175. The molecule has 0 radical (unpaired) electrons. The van der Waals surface area contributed by atoms with Gasteiger partial charge < -0.3 is 10.5 Å². The minimum absolute atomic E-state index is 0.584. The fourth-order valence-electron chi connectivity index (χ4n) is 2.54. The summed E-state index contributed by atoms with van der Waals surface area (Å²) < 4.78 is 5.14. The van der Waals surface area contributed by atoms with Gasteiger partial charge in [-0.1, -0.05) is 6.92 Å². The Morgan fingerprint density at radius 3 is 2.87 bits per heavy atom. The first-order valence-electron chi connectivity index (χ1n) is 6.13. The van der Waals surface area contributed by atoms with E-state index in [1.54, 1.807) is 7.11 Å². The summed E-state index contributed by atoms with van der Waals surface area (Å²) in [5, 5.41) is 0. The quantitative estimate of drug-likeness (QED) is 0.753. The van der Waals surface area contributed by atoms with Crippen LogP contribution in [0.3, 0.4) is 0 Å². The van der Waals surface area contributed by atoms with Gasteiger partial charge in [-0.3, -0.25) is 4.90 Å². The van der Waals surface area contributed by atoms with Crippen molar-refractivity contribution in [1.82, 2.24) is 4.90 Å². The molecule has 3 heteroatoms. The molecule has 1 fully saturated rings. The lowest BCUT2D eigenvalue weighted by atomic mass is 9.91. The molecule has 15 heavy (non-hydrogen) atoms. The monoisotopic (exact) mass is 214 g/mol. The molecule has 1 aliphatic heterocycles. The van der Waals surface area contributed by atoms with Gasteiger partial charge in [0, 0.05) is 32.3 Å². The summed E-state index contributed by atoms with van der Waals surface area (Å²) >= 11 is 0. The summed E-state index contributed by atoms with van der Waals surface area (Å²) in [5.41, 5.74) is 5.85. The van der Waals surface area contributed by atoms with E-state index in [9.17, 15) is 0 Å². The molecule has 3 nitrogen and oxygen atoms in total. The van der Waals surface area contributed by atoms with E-state index >= 15 is 0 Å². The maximum Gasteiger partial charge on any atom is 0.0477 e. The Balaban J connectivity index is 2.43. The van der Waals surface area contributed by atoms with Crippen molar-refractivity contribution < 1.29 is 4.74 Å². The molecular weight excluding hydrogens is 188 g/mol. The topological polar surface area (TPSA) is 38.5 Å². The van der Waals surface area contributed by atoms with E-state index in [0.29, 0.717) is 12.1 Å². The lowest BCUT2D eigenvalue weighted by Gasteiger charge is -2.41. The molecule has 1 aliphatic rings. The van der Waals surface area contributed by atoms with Gasteiger partial charge in [0.25, 0.3) is 0 Å². The number of nitrogens with two attached hydrogens (primary N) is 1. The van der Waals surface area contributed by atoms with Crippen LogP contribution in [0.5, 0.6) is 0 Å². The molecule has 0 aromatic carbocycles. The summed E-state index contributed by atoms with van der Waals surface area (Å²) in [6.45, 7) is 7.47. The molecule has 0 amide bonds. The summed E-state index contributed by atoms with van der Waals surface area (Å²) in [6, 6.07) is 1.19. The molecule has 0 aromatic heterocycles. The minimum Gasteiger partial charge on any atom is -0.385 e. The smallest absolute Gasteiger partial charge is 0.0477 e. The lowest BCUT2D eigenvalue weighted by molar-refractivity contribution is 0.0641. The van der Waals surface area contributed by atoms with E-state index in [-0.39, 0.29) is 0 Å². The Kier molecular flexibility index (Phi) is 5.58. The molecule has 0 bridgehead atoms. The van der Waals surface area contributed by atoms with Gasteiger partial charge in [-0.2, -0.15) is 0 Å². The normalized spacial score (nSPS) is 30.4. The highest BCUT2D eigenvalue weighted by atomic mass is 16.5. The number of piperidine rings is 1. The number of hydrogen-bond acceptors (Lipinski definition) is 3. The lowest BCUT2D eigenvalue weighted by Crippen LogP contribution is -2.50.